The second kappa shape index (κ2) is 4.39. The Bertz CT molecular complexity index is 467. The summed E-state index contributed by atoms with van der Waals surface area (Å²) in [6.45, 7) is 0.645. The van der Waals surface area contributed by atoms with Gasteiger partial charge in [-0.2, -0.15) is 0 Å². The van der Waals surface area contributed by atoms with Crippen molar-refractivity contribution in [3.05, 3.63) is 18.5 Å². The molecule has 1 aromatic rings. The Morgan fingerprint density at radius 3 is 3.00 bits per heavy atom. The van der Waals surface area contributed by atoms with Gasteiger partial charge in [0.25, 0.3) is 0 Å². The molecule has 16 heavy (non-hydrogen) atoms. The van der Waals surface area contributed by atoms with Gasteiger partial charge in [0.1, 0.15) is 0 Å². The van der Waals surface area contributed by atoms with Crippen molar-refractivity contribution < 1.29 is 13.2 Å². The van der Waals surface area contributed by atoms with E-state index in [1.165, 1.54) is 18.5 Å². The van der Waals surface area contributed by atoms with E-state index in [9.17, 15) is 8.42 Å². The molecule has 2 heterocycles. The number of sulfone groups is 1. The summed E-state index contributed by atoms with van der Waals surface area (Å²) in [5, 5.41) is 0. The summed E-state index contributed by atoms with van der Waals surface area (Å²) >= 11 is 0. The van der Waals surface area contributed by atoms with Crippen LogP contribution in [0.1, 0.15) is 12.8 Å². The van der Waals surface area contributed by atoms with Crippen molar-refractivity contribution in [3.8, 4) is 0 Å². The Hall–Kier alpha value is -1.14. The highest BCUT2D eigenvalue weighted by Gasteiger charge is 2.26. The van der Waals surface area contributed by atoms with Gasteiger partial charge in [-0.15, -0.1) is 0 Å². The molecule has 1 aliphatic heterocycles. The van der Waals surface area contributed by atoms with Crippen LogP contribution in [-0.4, -0.2) is 31.9 Å². The fourth-order valence-electron chi connectivity index (χ4n) is 1.79. The quantitative estimate of drug-likeness (QED) is 0.840. The second-order valence-electron chi connectivity index (χ2n) is 3.83. The lowest BCUT2D eigenvalue weighted by Gasteiger charge is -2.11. The van der Waals surface area contributed by atoms with Crippen molar-refractivity contribution in [3.63, 3.8) is 0 Å². The summed E-state index contributed by atoms with van der Waals surface area (Å²) in [6.07, 6.45) is 4.30. The van der Waals surface area contributed by atoms with Gasteiger partial charge in [-0.25, -0.2) is 8.42 Å². The summed E-state index contributed by atoms with van der Waals surface area (Å²) < 4.78 is 29.4. The molecular formula is C10H14N2O3S. The third kappa shape index (κ3) is 2.33. The molecule has 2 N–H and O–H groups in total. The minimum absolute atomic E-state index is 0.00120. The van der Waals surface area contributed by atoms with Crippen molar-refractivity contribution in [1.29, 1.82) is 0 Å². The zero-order valence-electron chi connectivity index (χ0n) is 8.80. The van der Waals surface area contributed by atoms with Gasteiger partial charge in [0, 0.05) is 12.8 Å². The molecule has 5 nitrogen and oxygen atoms in total. The molecule has 88 valence electrons. The van der Waals surface area contributed by atoms with Gasteiger partial charge in [0.05, 0.1) is 28.6 Å². The highest BCUT2D eigenvalue weighted by atomic mass is 32.2. The van der Waals surface area contributed by atoms with Crippen LogP contribution < -0.4 is 5.73 Å². The smallest absolute Gasteiger partial charge is 0.183 e. The Balaban J connectivity index is 2.21. The van der Waals surface area contributed by atoms with Gasteiger partial charge < -0.3 is 10.5 Å². The molecule has 0 spiro atoms. The van der Waals surface area contributed by atoms with Crippen molar-refractivity contribution in [2.24, 2.45) is 0 Å². The van der Waals surface area contributed by atoms with Gasteiger partial charge in [-0.05, 0) is 18.9 Å². The van der Waals surface area contributed by atoms with E-state index in [1.54, 1.807) is 0 Å². The normalized spacial score (nSPS) is 21.1. The van der Waals surface area contributed by atoms with Crippen LogP contribution in [-0.2, 0) is 14.6 Å². The highest BCUT2D eigenvalue weighted by Crippen LogP contribution is 2.22. The molecule has 1 fully saturated rings. The Morgan fingerprint density at radius 1 is 1.56 bits per heavy atom. The third-order valence-corrected chi connectivity index (χ3v) is 4.43. The lowest BCUT2D eigenvalue weighted by atomic mass is 10.3. The second-order valence-corrected chi connectivity index (χ2v) is 5.83. The molecular weight excluding hydrogens is 228 g/mol. The molecule has 0 amide bonds. The molecule has 1 aromatic heterocycles. The maximum Gasteiger partial charge on any atom is 0.183 e. The van der Waals surface area contributed by atoms with Crippen molar-refractivity contribution in [2.45, 2.75) is 23.8 Å². The lowest BCUT2D eigenvalue weighted by molar-refractivity contribution is 0.127. The van der Waals surface area contributed by atoms with Crippen molar-refractivity contribution >= 4 is 15.5 Å². The topological polar surface area (TPSA) is 82.3 Å². The van der Waals surface area contributed by atoms with Crippen LogP contribution in [0.2, 0.25) is 0 Å². The summed E-state index contributed by atoms with van der Waals surface area (Å²) in [6, 6.07) is 1.43. The minimum Gasteiger partial charge on any atom is -0.396 e. The van der Waals surface area contributed by atoms with Crippen molar-refractivity contribution in [2.75, 3.05) is 18.1 Å². The van der Waals surface area contributed by atoms with Crippen LogP contribution in [0.3, 0.4) is 0 Å². The molecule has 0 saturated carbocycles. The summed E-state index contributed by atoms with van der Waals surface area (Å²) in [7, 11) is -3.36. The SMILES string of the molecule is Nc1cnccc1S(=O)(=O)CC1CCCO1. The Morgan fingerprint density at radius 2 is 2.38 bits per heavy atom. The number of nitrogen functional groups attached to an aromatic ring is 1. The monoisotopic (exact) mass is 242 g/mol. The van der Waals surface area contributed by atoms with E-state index in [1.807, 2.05) is 0 Å². The third-order valence-electron chi connectivity index (χ3n) is 2.57. The number of rotatable bonds is 3. The van der Waals surface area contributed by atoms with E-state index in [2.05, 4.69) is 4.98 Å². The van der Waals surface area contributed by atoms with E-state index >= 15 is 0 Å². The Labute approximate surface area is 94.5 Å². The standard InChI is InChI=1S/C10H14N2O3S/c11-9-6-12-4-3-10(9)16(13,14)7-8-2-1-5-15-8/h3-4,6,8H,1-2,5,7,11H2. The number of nitrogens with zero attached hydrogens (tertiary/aromatic N) is 1. The zero-order chi connectivity index (χ0) is 11.6. The van der Waals surface area contributed by atoms with Crippen molar-refractivity contribution in [1.82, 2.24) is 4.98 Å². The van der Waals surface area contributed by atoms with Crippen LogP contribution in [0.25, 0.3) is 0 Å². The highest BCUT2D eigenvalue weighted by molar-refractivity contribution is 7.91. The van der Waals surface area contributed by atoms with Crippen LogP contribution >= 0.6 is 0 Å². The predicted octanol–water partition coefficient (Wildman–Crippen LogP) is 0.616. The van der Waals surface area contributed by atoms with Gasteiger partial charge in [0.15, 0.2) is 9.84 Å². The van der Waals surface area contributed by atoms with Crippen LogP contribution in [0.4, 0.5) is 5.69 Å². The number of hydrogen-bond acceptors (Lipinski definition) is 5. The van der Waals surface area contributed by atoms with Gasteiger partial charge >= 0.3 is 0 Å². The maximum absolute atomic E-state index is 12.0. The molecule has 2 rings (SSSR count). The van der Waals surface area contributed by atoms with E-state index in [4.69, 9.17) is 10.5 Å². The summed E-state index contributed by atoms with van der Waals surface area (Å²) in [5.74, 6) is 0.00120. The molecule has 1 saturated heterocycles. The lowest BCUT2D eigenvalue weighted by Crippen LogP contribution is -2.21. The Kier molecular flexibility index (Phi) is 3.11. The molecule has 1 unspecified atom stereocenters. The fraction of sp³-hybridized carbons (Fsp3) is 0.500. The number of hydrogen-bond donors (Lipinski definition) is 1. The maximum atomic E-state index is 12.0. The number of pyridine rings is 1. The van der Waals surface area contributed by atoms with Crippen LogP contribution in [0.5, 0.6) is 0 Å². The van der Waals surface area contributed by atoms with E-state index in [0.717, 1.165) is 12.8 Å². The molecule has 1 aliphatic rings. The first-order valence-corrected chi connectivity index (χ1v) is 6.79. The van der Waals surface area contributed by atoms with E-state index in [0.29, 0.717) is 6.61 Å². The average Bonchev–Trinajstić information content (AvgIpc) is 2.70. The molecule has 6 heteroatoms. The first-order chi connectivity index (χ1) is 7.59. The minimum atomic E-state index is -3.36. The molecule has 1 atom stereocenters. The summed E-state index contributed by atoms with van der Waals surface area (Å²) in [4.78, 5) is 3.92. The van der Waals surface area contributed by atoms with E-state index < -0.39 is 9.84 Å². The fourth-order valence-corrected chi connectivity index (χ4v) is 3.40. The summed E-state index contributed by atoms with van der Waals surface area (Å²) in [5.41, 5.74) is 5.79. The van der Waals surface area contributed by atoms with Crippen LogP contribution in [0, 0.1) is 0 Å². The number of nitrogens with two attached hydrogens (primary N) is 1. The van der Waals surface area contributed by atoms with Gasteiger partial charge in [0.2, 0.25) is 0 Å². The van der Waals surface area contributed by atoms with E-state index in [-0.39, 0.29) is 22.4 Å². The number of aromatic nitrogens is 1. The number of anilines is 1. The number of ether oxygens (including phenoxy) is 1. The zero-order valence-corrected chi connectivity index (χ0v) is 9.61. The predicted molar refractivity (Wildman–Crippen MR) is 59.7 cm³/mol. The van der Waals surface area contributed by atoms with Gasteiger partial charge in [-0.3, -0.25) is 4.98 Å². The largest absolute Gasteiger partial charge is 0.396 e. The van der Waals surface area contributed by atoms with Crippen LogP contribution in [0.15, 0.2) is 23.4 Å². The average molecular weight is 242 g/mol. The molecule has 0 radical (unpaired) electrons. The molecule has 0 bridgehead atoms. The van der Waals surface area contributed by atoms with Gasteiger partial charge in [-0.1, -0.05) is 0 Å². The molecule has 0 aliphatic carbocycles. The first-order valence-electron chi connectivity index (χ1n) is 5.13. The molecule has 0 aromatic carbocycles. The first kappa shape index (κ1) is 11.3.